The Labute approximate surface area is 120 Å². The van der Waals surface area contributed by atoms with Gasteiger partial charge in [0.05, 0.1) is 6.61 Å². The van der Waals surface area contributed by atoms with Gasteiger partial charge in [-0.2, -0.15) is 0 Å². The van der Waals surface area contributed by atoms with Crippen LogP contribution in [-0.4, -0.2) is 12.6 Å². The van der Waals surface area contributed by atoms with Crippen LogP contribution >= 0.6 is 12.4 Å². The lowest BCUT2D eigenvalue weighted by Gasteiger charge is -2.08. The second kappa shape index (κ2) is 7.71. The molecule has 0 radical (unpaired) electrons. The van der Waals surface area contributed by atoms with Gasteiger partial charge >= 0.3 is 0 Å². The van der Waals surface area contributed by atoms with E-state index in [0.717, 1.165) is 24.8 Å². The number of hydrogen-bond acceptors (Lipinski definition) is 2. The second-order valence-corrected chi connectivity index (χ2v) is 5.11. The van der Waals surface area contributed by atoms with E-state index < -0.39 is 0 Å². The fraction of sp³-hybridized carbons (Fsp3) is 0.600. The molecule has 1 saturated carbocycles. The van der Waals surface area contributed by atoms with Gasteiger partial charge < -0.3 is 10.5 Å². The van der Waals surface area contributed by atoms with Crippen LogP contribution in [0.15, 0.2) is 18.2 Å². The van der Waals surface area contributed by atoms with Gasteiger partial charge in [0.2, 0.25) is 0 Å². The highest BCUT2D eigenvalue weighted by Crippen LogP contribution is 2.40. The lowest BCUT2D eigenvalue weighted by molar-refractivity contribution is 0.290. The van der Waals surface area contributed by atoms with Gasteiger partial charge in [-0.1, -0.05) is 32.3 Å². The summed E-state index contributed by atoms with van der Waals surface area (Å²) in [4.78, 5) is 0. The van der Waals surface area contributed by atoms with Crippen molar-refractivity contribution < 1.29 is 9.13 Å². The minimum absolute atomic E-state index is 0. The van der Waals surface area contributed by atoms with Crippen LogP contribution in [0.2, 0.25) is 0 Å². The van der Waals surface area contributed by atoms with Crippen LogP contribution in [0.25, 0.3) is 0 Å². The van der Waals surface area contributed by atoms with Crippen molar-refractivity contribution in [1.82, 2.24) is 0 Å². The molecule has 1 aromatic carbocycles. The highest BCUT2D eigenvalue weighted by Gasteiger charge is 2.35. The maximum absolute atomic E-state index is 13.8. The van der Waals surface area contributed by atoms with E-state index in [0.29, 0.717) is 18.3 Å². The molecule has 19 heavy (non-hydrogen) atoms. The summed E-state index contributed by atoms with van der Waals surface area (Å²) in [7, 11) is 0. The van der Waals surface area contributed by atoms with E-state index in [4.69, 9.17) is 10.5 Å². The predicted octanol–water partition coefficient (Wildman–Crippen LogP) is 4.02. The Morgan fingerprint density at radius 3 is 2.63 bits per heavy atom. The Balaban J connectivity index is 0.00000180. The van der Waals surface area contributed by atoms with Crippen molar-refractivity contribution in [3.05, 3.63) is 29.6 Å². The molecular formula is C15H23ClFNO. The van der Waals surface area contributed by atoms with E-state index in [1.165, 1.54) is 12.8 Å². The summed E-state index contributed by atoms with van der Waals surface area (Å²) in [5.41, 5.74) is 6.76. The summed E-state index contributed by atoms with van der Waals surface area (Å²) in [6.07, 6.45) is 5.52. The molecule has 2 nitrogen and oxygen atoms in total. The number of unbranched alkanes of at least 4 members (excludes halogenated alkanes) is 3. The van der Waals surface area contributed by atoms with Gasteiger partial charge in [-0.3, -0.25) is 0 Å². The molecule has 0 aromatic heterocycles. The van der Waals surface area contributed by atoms with Crippen molar-refractivity contribution in [3.8, 4) is 5.75 Å². The SMILES string of the molecule is CCCCCCOc1ccc(C2CC2N)cc1F.Cl. The number of benzene rings is 1. The first-order valence-electron chi connectivity index (χ1n) is 6.90. The number of ether oxygens (including phenoxy) is 1. The first kappa shape index (κ1) is 16.3. The number of hydrogen-bond donors (Lipinski definition) is 1. The third-order valence-electron chi connectivity index (χ3n) is 3.48. The molecule has 4 heteroatoms. The van der Waals surface area contributed by atoms with Crippen LogP contribution in [0.4, 0.5) is 4.39 Å². The molecule has 2 unspecified atom stereocenters. The second-order valence-electron chi connectivity index (χ2n) is 5.11. The Morgan fingerprint density at radius 2 is 2.05 bits per heavy atom. The lowest BCUT2D eigenvalue weighted by atomic mass is 10.1. The maximum Gasteiger partial charge on any atom is 0.165 e. The normalized spacial score (nSPS) is 20.8. The third kappa shape index (κ3) is 4.66. The van der Waals surface area contributed by atoms with Crippen LogP contribution < -0.4 is 10.5 Å². The van der Waals surface area contributed by atoms with Crippen LogP contribution in [0.3, 0.4) is 0 Å². The van der Waals surface area contributed by atoms with Gasteiger partial charge in [0.1, 0.15) is 0 Å². The minimum atomic E-state index is -0.262. The summed E-state index contributed by atoms with van der Waals surface area (Å²) in [6, 6.07) is 5.45. The third-order valence-corrected chi connectivity index (χ3v) is 3.48. The summed E-state index contributed by atoms with van der Waals surface area (Å²) < 4.78 is 19.2. The Morgan fingerprint density at radius 1 is 1.32 bits per heavy atom. The molecular weight excluding hydrogens is 265 g/mol. The monoisotopic (exact) mass is 287 g/mol. The summed E-state index contributed by atoms with van der Waals surface area (Å²) in [6.45, 7) is 2.76. The molecule has 0 heterocycles. The van der Waals surface area contributed by atoms with E-state index in [9.17, 15) is 4.39 Å². The van der Waals surface area contributed by atoms with Crippen molar-refractivity contribution in [2.24, 2.45) is 5.73 Å². The first-order chi connectivity index (χ1) is 8.72. The highest BCUT2D eigenvalue weighted by atomic mass is 35.5. The molecule has 0 saturated heterocycles. The smallest absolute Gasteiger partial charge is 0.165 e. The quantitative estimate of drug-likeness (QED) is 0.769. The fourth-order valence-corrected chi connectivity index (χ4v) is 2.17. The molecule has 2 rings (SSSR count). The topological polar surface area (TPSA) is 35.2 Å². The average Bonchev–Trinajstić information content (AvgIpc) is 3.08. The summed E-state index contributed by atoms with van der Waals surface area (Å²) >= 11 is 0. The van der Waals surface area contributed by atoms with Gasteiger partial charge in [-0.25, -0.2) is 4.39 Å². The van der Waals surface area contributed by atoms with E-state index in [2.05, 4.69) is 6.92 Å². The lowest BCUT2D eigenvalue weighted by Crippen LogP contribution is -2.02. The number of nitrogens with two attached hydrogens (primary N) is 1. The van der Waals surface area contributed by atoms with Gasteiger partial charge in [0, 0.05) is 12.0 Å². The predicted molar refractivity (Wildman–Crippen MR) is 78.6 cm³/mol. The van der Waals surface area contributed by atoms with Crippen molar-refractivity contribution in [2.75, 3.05) is 6.61 Å². The zero-order valence-corrected chi connectivity index (χ0v) is 12.2. The number of halogens is 2. The molecule has 0 amide bonds. The highest BCUT2D eigenvalue weighted by molar-refractivity contribution is 5.85. The van der Waals surface area contributed by atoms with Crippen LogP contribution in [0.1, 0.15) is 50.5 Å². The van der Waals surface area contributed by atoms with Crippen molar-refractivity contribution in [2.45, 2.75) is 51.0 Å². The summed E-state index contributed by atoms with van der Waals surface area (Å²) in [5, 5.41) is 0. The van der Waals surface area contributed by atoms with Gasteiger partial charge in [0.15, 0.2) is 11.6 Å². The van der Waals surface area contributed by atoms with Crippen LogP contribution in [0.5, 0.6) is 5.75 Å². The first-order valence-corrected chi connectivity index (χ1v) is 6.90. The average molecular weight is 288 g/mol. The van der Waals surface area contributed by atoms with Gasteiger partial charge in [-0.15, -0.1) is 12.4 Å². The van der Waals surface area contributed by atoms with E-state index in [-0.39, 0.29) is 24.3 Å². The van der Waals surface area contributed by atoms with Gasteiger partial charge in [0.25, 0.3) is 0 Å². The van der Waals surface area contributed by atoms with Crippen molar-refractivity contribution >= 4 is 12.4 Å². The Kier molecular flexibility index (Phi) is 6.59. The molecule has 0 aliphatic heterocycles. The standard InChI is InChI=1S/C15H22FNO.ClH/c1-2-3-4-5-8-18-15-7-6-11(9-13(15)16)12-10-14(12)17;/h6-7,9,12,14H,2-5,8,10,17H2,1H3;1H. The molecule has 2 N–H and O–H groups in total. The molecule has 108 valence electrons. The maximum atomic E-state index is 13.8. The zero-order valence-electron chi connectivity index (χ0n) is 11.4. The van der Waals surface area contributed by atoms with E-state index in [1.807, 2.05) is 6.07 Å². The van der Waals surface area contributed by atoms with E-state index in [1.54, 1.807) is 12.1 Å². The van der Waals surface area contributed by atoms with Crippen molar-refractivity contribution in [3.63, 3.8) is 0 Å². The van der Waals surface area contributed by atoms with Crippen molar-refractivity contribution in [1.29, 1.82) is 0 Å². The van der Waals surface area contributed by atoms with E-state index >= 15 is 0 Å². The number of rotatable bonds is 7. The molecule has 1 aliphatic carbocycles. The molecule has 0 spiro atoms. The Hall–Kier alpha value is -0.800. The molecule has 0 bridgehead atoms. The molecule has 1 aromatic rings. The van der Waals surface area contributed by atoms with Gasteiger partial charge in [-0.05, 0) is 30.5 Å². The molecule has 1 fully saturated rings. The molecule has 2 atom stereocenters. The largest absolute Gasteiger partial charge is 0.491 e. The minimum Gasteiger partial charge on any atom is -0.491 e. The fourth-order valence-electron chi connectivity index (χ4n) is 2.17. The van der Waals surface area contributed by atoms with Crippen LogP contribution in [0, 0.1) is 5.82 Å². The van der Waals surface area contributed by atoms with Crippen LogP contribution in [-0.2, 0) is 0 Å². The zero-order chi connectivity index (χ0) is 13.0. The molecule has 1 aliphatic rings. The summed E-state index contributed by atoms with van der Waals surface area (Å²) in [5.74, 6) is 0.449. The Bertz CT molecular complexity index is 400.